The third-order valence-electron chi connectivity index (χ3n) is 7.28. The molecule has 3 atom stereocenters. The van der Waals surface area contributed by atoms with Crippen molar-refractivity contribution in [1.82, 2.24) is 10.3 Å². The number of esters is 2. The lowest BCUT2D eigenvalue weighted by Crippen LogP contribution is -2.45. The summed E-state index contributed by atoms with van der Waals surface area (Å²) >= 11 is 1.05. The third-order valence-corrected chi connectivity index (χ3v) is 8.26. The van der Waals surface area contributed by atoms with Gasteiger partial charge in [0.25, 0.3) is 5.24 Å². The first-order valence-electron chi connectivity index (χ1n) is 15.7. The number of amides is 2. The standard InChI is InChI=1S/C19H20N2O3S.C18H14O8/c1-2-13-3-6-15(20-12-13)9-10-24-16-7-4-14(5-8-16)11-17-18(22)21-19(23)25-17;19-15(20)13(25-17(23)11-7-3-1-4-8-11)14(16(21)22)26-18(24)12-9-5-2-6-10-12/h3-8,12,17H,2,9-11H2,1H3,(H,21,22,23);1-10,13-14H,(H,19,20)(H,21,22)/t17-;13-,14-/m11/s1. The number of ether oxygens (including phenoxy) is 3. The molecule has 1 saturated heterocycles. The maximum absolute atomic E-state index is 12.0. The lowest BCUT2D eigenvalue weighted by Gasteiger charge is -2.21. The first-order chi connectivity index (χ1) is 24.5. The molecule has 2 amide bonds. The van der Waals surface area contributed by atoms with Crippen LogP contribution < -0.4 is 10.1 Å². The molecule has 1 aliphatic heterocycles. The molecule has 0 aliphatic carbocycles. The van der Waals surface area contributed by atoms with Crippen molar-refractivity contribution in [3.63, 3.8) is 0 Å². The molecule has 14 heteroatoms. The highest BCUT2D eigenvalue weighted by molar-refractivity contribution is 8.15. The number of imide groups is 1. The largest absolute Gasteiger partial charge is 0.493 e. The summed E-state index contributed by atoms with van der Waals surface area (Å²) in [5.41, 5.74) is 3.31. The van der Waals surface area contributed by atoms with E-state index in [0.717, 1.165) is 41.6 Å². The predicted molar refractivity (Wildman–Crippen MR) is 184 cm³/mol. The minimum Gasteiger partial charge on any atom is -0.493 e. The Kier molecular flexibility index (Phi) is 13.8. The van der Waals surface area contributed by atoms with Gasteiger partial charge in [-0.05, 0) is 66.4 Å². The zero-order chi connectivity index (χ0) is 36.8. The average molecular weight is 715 g/mol. The van der Waals surface area contributed by atoms with Gasteiger partial charge in [0.1, 0.15) is 5.75 Å². The van der Waals surface area contributed by atoms with E-state index in [-0.39, 0.29) is 27.5 Å². The summed E-state index contributed by atoms with van der Waals surface area (Å²) in [6.45, 7) is 2.67. The minimum atomic E-state index is -2.21. The average Bonchev–Trinajstić information content (AvgIpc) is 3.46. The Morgan fingerprint density at radius 2 is 1.29 bits per heavy atom. The van der Waals surface area contributed by atoms with E-state index in [0.29, 0.717) is 13.0 Å². The van der Waals surface area contributed by atoms with E-state index >= 15 is 0 Å². The lowest BCUT2D eigenvalue weighted by atomic mass is 10.1. The Balaban J connectivity index is 0.000000229. The summed E-state index contributed by atoms with van der Waals surface area (Å²) in [4.78, 5) is 74.0. The number of benzene rings is 3. The zero-order valence-electron chi connectivity index (χ0n) is 27.3. The van der Waals surface area contributed by atoms with E-state index in [9.17, 15) is 39.0 Å². The second-order valence-electron chi connectivity index (χ2n) is 10.9. The molecule has 0 bridgehead atoms. The van der Waals surface area contributed by atoms with Crippen molar-refractivity contribution in [2.75, 3.05) is 6.61 Å². The number of nitrogens with zero attached hydrogens (tertiary/aromatic N) is 1. The van der Waals surface area contributed by atoms with Crippen molar-refractivity contribution in [3.05, 3.63) is 131 Å². The first-order valence-corrected chi connectivity index (χ1v) is 16.6. The van der Waals surface area contributed by atoms with Gasteiger partial charge in [-0.1, -0.05) is 73.3 Å². The molecule has 4 aromatic rings. The molecule has 5 rings (SSSR count). The highest BCUT2D eigenvalue weighted by Gasteiger charge is 2.41. The number of carbonyl (C=O) groups excluding carboxylic acids is 4. The van der Waals surface area contributed by atoms with E-state index in [1.807, 2.05) is 36.5 Å². The van der Waals surface area contributed by atoms with Crippen molar-refractivity contribution in [2.45, 2.75) is 43.6 Å². The molecule has 0 unspecified atom stereocenters. The van der Waals surface area contributed by atoms with Crippen molar-refractivity contribution >= 4 is 46.8 Å². The fourth-order valence-electron chi connectivity index (χ4n) is 4.55. The van der Waals surface area contributed by atoms with E-state index < -0.39 is 36.1 Å². The number of aryl methyl sites for hydroxylation is 1. The van der Waals surface area contributed by atoms with Crippen LogP contribution in [0.5, 0.6) is 5.75 Å². The van der Waals surface area contributed by atoms with Gasteiger partial charge < -0.3 is 24.4 Å². The maximum Gasteiger partial charge on any atom is 0.349 e. The van der Waals surface area contributed by atoms with Crippen LogP contribution in [-0.2, 0) is 43.1 Å². The number of carboxylic acids is 2. The second kappa shape index (κ2) is 18.7. The highest BCUT2D eigenvalue weighted by Crippen LogP contribution is 2.24. The summed E-state index contributed by atoms with van der Waals surface area (Å²) in [5, 5.41) is 20.2. The zero-order valence-corrected chi connectivity index (χ0v) is 28.1. The molecule has 1 aliphatic rings. The molecule has 13 nitrogen and oxygen atoms in total. The van der Waals surface area contributed by atoms with Crippen molar-refractivity contribution < 1.29 is 53.2 Å². The number of aliphatic carboxylic acids is 2. The normalized spacial score (nSPS) is 14.6. The summed E-state index contributed by atoms with van der Waals surface area (Å²) in [5.74, 6) is -5.06. The molecule has 0 radical (unpaired) electrons. The van der Waals surface area contributed by atoms with Crippen LogP contribution in [0.2, 0.25) is 0 Å². The van der Waals surface area contributed by atoms with Crippen LogP contribution >= 0.6 is 11.8 Å². The number of hydrogen-bond donors (Lipinski definition) is 3. The molecule has 51 heavy (non-hydrogen) atoms. The summed E-state index contributed by atoms with van der Waals surface area (Å²) in [6, 6.07) is 26.6. The van der Waals surface area contributed by atoms with Crippen molar-refractivity contribution in [3.8, 4) is 5.75 Å². The summed E-state index contributed by atoms with van der Waals surface area (Å²) in [6.07, 6.45) is -0.235. The fraction of sp³-hybridized carbons (Fsp3) is 0.216. The number of nitrogens with one attached hydrogen (secondary N) is 1. The Labute approximate surface area is 297 Å². The van der Waals surface area contributed by atoms with E-state index in [1.165, 1.54) is 54.1 Å². The van der Waals surface area contributed by atoms with Gasteiger partial charge in [0.05, 0.1) is 23.0 Å². The summed E-state index contributed by atoms with van der Waals surface area (Å²) in [7, 11) is 0. The number of rotatable bonds is 14. The molecule has 2 heterocycles. The Hall–Kier alpha value is -6.02. The van der Waals surface area contributed by atoms with Gasteiger partial charge in [-0.3, -0.25) is 19.9 Å². The molecule has 0 saturated carbocycles. The SMILES string of the molecule is CCc1ccc(CCOc2ccc(C[C@H]3SC(=O)NC3=O)cc2)nc1.O=C(O[C@@H](C(=O)O)[C@@H](OC(=O)c1ccccc1)C(=O)O)c1ccccc1. The fourth-order valence-corrected chi connectivity index (χ4v) is 5.41. The molecule has 264 valence electrons. The van der Waals surface area contributed by atoms with Gasteiger partial charge in [-0.25, -0.2) is 19.2 Å². The quantitative estimate of drug-likeness (QED) is 0.151. The van der Waals surface area contributed by atoms with Crippen molar-refractivity contribution in [2.24, 2.45) is 0 Å². The van der Waals surface area contributed by atoms with Gasteiger partial charge in [-0.15, -0.1) is 0 Å². The molecule has 3 N–H and O–H groups in total. The number of aromatic nitrogens is 1. The van der Waals surface area contributed by atoms with Crippen LogP contribution in [0.25, 0.3) is 0 Å². The van der Waals surface area contributed by atoms with Crippen LogP contribution in [0.1, 0.15) is 44.5 Å². The number of carboxylic acid groups (broad SMARTS) is 2. The van der Waals surface area contributed by atoms with Gasteiger partial charge in [0, 0.05) is 18.3 Å². The number of hydrogen-bond acceptors (Lipinski definition) is 11. The molecule has 0 spiro atoms. The van der Waals surface area contributed by atoms with E-state index in [4.69, 9.17) is 14.2 Å². The monoisotopic (exact) mass is 714 g/mol. The topological polar surface area (TPSA) is 195 Å². The van der Waals surface area contributed by atoms with Crippen molar-refractivity contribution in [1.29, 1.82) is 0 Å². The Morgan fingerprint density at radius 1 is 0.765 bits per heavy atom. The lowest BCUT2D eigenvalue weighted by molar-refractivity contribution is -0.166. The Morgan fingerprint density at radius 3 is 1.73 bits per heavy atom. The van der Waals surface area contributed by atoms with Crippen LogP contribution in [0, 0.1) is 0 Å². The van der Waals surface area contributed by atoms with Gasteiger partial charge >= 0.3 is 23.9 Å². The van der Waals surface area contributed by atoms with E-state index in [1.54, 1.807) is 12.1 Å². The smallest absolute Gasteiger partial charge is 0.349 e. The Bertz CT molecular complexity index is 1750. The highest BCUT2D eigenvalue weighted by atomic mass is 32.2. The van der Waals surface area contributed by atoms with E-state index in [2.05, 4.69) is 23.3 Å². The second-order valence-corrected chi connectivity index (χ2v) is 12.1. The molecule has 1 aromatic heterocycles. The molecule has 1 fully saturated rings. The van der Waals surface area contributed by atoms with Gasteiger partial charge in [0.2, 0.25) is 18.1 Å². The van der Waals surface area contributed by atoms with Crippen LogP contribution in [0.4, 0.5) is 4.79 Å². The van der Waals surface area contributed by atoms with Crippen LogP contribution in [-0.4, -0.2) is 74.3 Å². The van der Waals surface area contributed by atoms with Crippen LogP contribution in [0.3, 0.4) is 0 Å². The molecular formula is C37H34N2O11S. The van der Waals surface area contributed by atoms with Gasteiger partial charge in [-0.2, -0.15) is 0 Å². The number of carbonyl (C=O) groups is 6. The minimum absolute atomic E-state index is 0.0253. The summed E-state index contributed by atoms with van der Waals surface area (Å²) < 4.78 is 15.3. The van der Waals surface area contributed by atoms with Gasteiger partial charge in [0.15, 0.2) is 0 Å². The first kappa shape index (κ1) is 37.8. The van der Waals surface area contributed by atoms with Crippen LogP contribution in [0.15, 0.2) is 103 Å². The molecule has 3 aromatic carbocycles. The third kappa shape index (κ3) is 11.5. The number of thioether (sulfide) groups is 1. The predicted octanol–water partition coefficient (Wildman–Crippen LogP) is 4.77. The maximum atomic E-state index is 12.0. The number of pyridine rings is 1. The molecular weight excluding hydrogens is 680 g/mol.